The molecule has 0 bridgehead atoms. The topological polar surface area (TPSA) is 87.3 Å². The predicted octanol–water partition coefficient (Wildman–Crippen LogP) is 6.62. The van der Waals surface area contributed by atoms with Crippen molar-refractivity contribution in [2.45, 2.75) is 75.5 Å². The molecule has 3 aromatic carbocycles. The van der Waals surface area contributed by atoms with Crippen LogP contribution in [0.15, 0.2) is 65.6 Å². The summed E-state index contributed by atoms with van der Waals surface area (Å²) in [6, 6.07) is 14.6. The van der Waals surface area contributed by atoms with Crippen LogP contribution in [0, 0.1) is 5.82 Å². The first-order valence-electron chi connectivity index (χ1n) is 13.2. The number of hydrogen-bond donors (Lipinski definition) is 3. The standard InChI is InChI=1S/C30H34Cl2FN3O3S/c1-30(2,3)34-18-19-7-13-24-21(15-19)5-4-6-27(24)35-29(37)17-28(20-8-10-22(33)11-9-20)36-40(38,39)23-12-14-25(31)26(32)16-23/h7-16,27-28,34,36H,4-6,17-18H2,1-3H3,(H,35,37)/t27-,28-/m1/s1. The third kappa shape index (κ3) is 8.04. The highest BCUT2D eigenvalue weighted by Gasteiger charge is 2.27. The highest BCUT2D eigenvalue weighted by Crippen LogP contribution is 2.32. The Morgan fingerprint density at radius 2 is 1.75 bits per heavy atom. The van der Waals surface area contributed by atoms with E-state index in [1.54, 1.807) is 0 Å². The van der Waals surface area contributed by atoms with Gasteiger partial charge in [0, 0.05) is 18.5 Å². The van der Waals surface area contributed by atoms with Crippen LogP contribution in [0.3, 0.4) is 0 Å². The van der Waals surface area contributed by atoms with E-state index in [1.165, 1.54) is 53.6 Å². The SMILES string of the molecule is CC(C)(C)NCc1ccc2c(c1)CCC[C@H]2NC(=O)C[C@@H](NS(=O)(=O)c1ccc(Cl)c(Cl)c1)c1ccc(F)cc1. The molecule has 0 fully saturated rings. The third-order valence-electron chi connectivity index (χ3n) is 6.84. The average Bonchev–Trinajstić information content (AvgIpc) is 2.88. The van der Waals surface area contributed by atoms with Crippen molar-refractivity contribution < 1.29 is 17.6 Å². The molecule has 1 aliphatic carbocycles. The van der Waals surface area contributed by atoms with Gasteiger partial charge in [0.05, 0.1) is 27.0 Å². The summed E-state index contributed by atoms with van der Waals surface area (Å²) in [7, 11) is -4.08. The van der Waals surface area contributed by atoms with Crippen LogP contribution in [0.5, 0.6) is 0 Å². The van der Waals surface area contributed by atoms with E-state index in [9.17, 15) is 17.6 Å². The summed E-state index contributed by atoms with van der Waals surface area (Å²) in [4.78, 5) is 13.2. The smallest absolute Gasteiger partial charge is 0.241 e. The second-order valence-corrected chi connectivity index (χ2v) is 13.7. The number of nitrogens with one attached hydrogen (secondary N) is 3. The van der Waals surface area contributed by atoms with Crippen LogP contribution in [-0.4, -0.2) is 19.9 Å². The number of halogens is 3. The molecular formula is C30H34Cl2FN3O3S. The maximum absolute atomic E-state index is 13.6. The first kappa shape index (κ1) is 30.5. The van der Waals surface area contributed by atoms with Gasteiger partial charge in [-0.25, -0.2) is 17.5 Å². The van der Waals surface area contributed by atoms with Gasteiger partial charge < -0.3 is 10.6 Å². The van der Waals surface area contributed by atoms with E-state index in [-0.39, 0.29) is 38.8 Å². The van der Waals surface area contributed by atoms with E-state index in [4.69, 9.17) is 23.2 Å². The number of benzene rings is 3. The lowest BCUT2D eigenvalue weighted by Crippen LogP contribution is -2.36. The van der Waals surface area contributed by atoms with Gasteiger partial charge in [-0.05, 0) is 92.6 Å². The first-order chi connectivity index (χ1) is 18.8. The van der Waals surface area contributed by atoms with Crippen molar-refractivity contribution in [3.05, 3.63) is 98.8 Å². The number of rotatable bonds is 9. The summed E-state index contributed by atoms with van der Waals surface area (Å²) in [6.45, 7) is 7.13. The number of carbonyl (C=O) groups excluding carboxylic acids is 1. The van der Waals surface area contributed by atoms with Crippen LogP contribution in [0.2, 0.25) is 10.0 Å². The maximum atomic E-state index is 13.6. The number of amides is 1. The van der Waals surface area contributed by atoms with Gasteiger partial charge >= 0.3 is 0 Å². The van der Waals surface area contributed by atoms with Gasteiger partial charge in [0.2, 0.25) is 15.9 Å². The van der Waals surface area contributed by atoms with Crippen molar-refractivity contribution >= 4 is 39.1 Å². The quantitative estimate of drug-likeness (QED) is 0.256. The summed E-state index contributed by atoms with van der Waals surface area (Å²) in [6.07, 6.45) is 2.48. The Morgan fingerprint density at radius 1 is 1.02 bits per heavy atom. The predicted molar refractivity (Wildman–Crippen MR) is 157 cm³/mol. The van der Waals surface area contributed by atoms with Crippen molar-refractivity contribution in [1.82, 2.24) is 15.4 Å². The van der Waals surface area contributed by atoms with Crippen molar-refractivity contribution in [1.29, 1.82) is 0 Å². The Morgan fingerprint density at radius 3 is 2.42 bits per heavy atom. The van der Waals surface area contributed by atoms with Gasteiger partial charge in [0.25, 0.3) is 0 Å². The minimum absolute atomic E-state index is 0.00874. The van der Waals surface area contributed by atoms with E-state index in [1.807, 2.05) is 0 Å². The summed E-state index contributed by atoms with van der Waals surface area (Å²) in [5.74, 6) is -0.780. The zero-order valence-corrected chi connectivity index (χ0v) is 25.1. The van der Waals surface area contributed by atoms with Crippen LogP contribution in [0.1, 0.15) is 74.4 Å². The molecular weight excluding hydrogens is 572 g/mol. The molecule has 40 heavy (non-hydrogen) atoms. The van der Waals surface area contributed by atoms with E-state index in [2.05, 4.69) is 54.3 Å². The number of aryl methyl sites for hydroxylation is 1. The second kappa shape index (κ2) is 12.6. The molecule has 1 aliphatic rings. The largest absolute Gasteiger partial charge is 0.349 e. The van der Waals surface area contributed by atoms with Crippen molar-refractivity contribution in [2.24, 2.45) is 0 Å². The zero-order valence-electron chi connectivity index (χ0n) is 22.7. The van der Waals surface area contributed by atoms with Gasteiger partial charge in [-0.3, -0.25) is 4.79 Å². The molecule has 0 aliphatic heterocycles. The number of fused-ring (bicyclic) bond motifs is 1. The van der Waals surface area contributed by atoms with Gasteiger partial charge in [0.15, 0.2) is 0 Å². The minimum Gasteiger partial charge on any atom is -0.349 e. The van der Waals surface area contributed by atoms with E-state index < -0.39 is 21.9 Å². The molecule has 6 nitrogen and oxygen atoms in total. The number of carbonyl (C=O) groups is 1. The molecule has 214 valence electrons. The highest BCUT2D eigenvalue weighted by atomic mass is 35.5. The molecule has 0 spiro atoms. The van der Waals surface area contributed by atoms with Crippen LogP contribution < -0.4 is 15.4 Å². The Hall–Kier alpha value is -2.49. The van der Waals surface area contributed by atoms with Crippen LogP contribution in [0.25, 0.3) is 0 Å². The molecule has 3 aromatic rings. The lowest BCUT2D eigenvalue weighted by molar-refractivity contribution is -0.122. The summed E-state index contributed by atoms with van der Waals surface area (Å²) in [5.41, 5.74) is 3.94. The van der Waals surface area contributed by atoms with E-state index in [0.717, 1.165) is 31.4 Å². The Kier molecular flexibility index (Phi) is 9.58. The second-order valence-electron chi connectivity index (χ2n) is 11.2. The molecule has 4 rings (SSSR count). The van der Waals surface area contributed by atoms with Crippen molar-refractivity contribution in [3.8, 4) is 0 Å². The molecule has 2 atom stereocenters. The fourth-order valence-corrected chi connectivity index (χ4v) is 6.37. The summed E-state index contributed by atoms with van der Waals surface area (Å²) < 4.78 is 42.6. The number of hydrogen-bond acceptors (Lipinski definition) is 4. The van der Waals surface area contributed by atoms with Crippen LogP contribution in [-0.2, 0) is 27.8 Å². The van der Waals surface area contributed by atoms with Gasteiger partial charge in [-0.15, -0.1) is 0 Å². The molecule has 3 N–H and O–H groups in total. The molecule has 0 radical (unpaired) electrons. The maximum Gasteiger partial charge on any atom is 0.241 e. The molecule has 0 unspecified atom stereocenters. The lowest BCUT2D eigenvalue weighted by atomic mass is 9.86. The van der Waals surface area contributed by atoms with Crippen molar-refractivity contribution in [3.63, 3.8) is 0 Å². The van der Waals surface area contributed by atoms with Gasteiger partial charge in [-0.1, -0.05) is 53.5 Å². The lowest BCUT2D eigenvalue weighted by Gasteiger charge is -2.28. The van der Waals surface area contributed by atoms with Crippen LogP contribution in [0.4, 0.5) is 4.39 Å². The first-order valence-corrected chi connectivity index (χ1v) is 15.4. The van der Waals surface area contributed by atoms with E-state index in [0.29, 0.717) is 5.56 Å². The molecule has 1 amide bonds. The van der Waals surface area contributed by atoms with Gasteiger partial charge in [0.1, 0.15) is 5.82 Å². The minimum atomic E-state index is -4.08. The molecule has 0 aromatic heterocycles. The van der Waals surface area contributed by atoms with Gasteiger partial charge in [-0.2, -0.15) is 0 Å². The monoisotopic (exact) mass is 605 g/mol. The zero-order chi connectivity index (χ0) is 29.1. The number of sulfonamides is 1. The van der Waals surface area contributed by atoms with Crippen LogP contribution >= 0.6 is 23.2 Å². The normalized spacial score (nSPS) is 16.3. The fourth-order valence-electron chi connectivity index (χ4n) is 4.76. The molecule has 0 saturated heterocycles. The van der Waals surface area contributed by atoms with Crippen molar-refractivity contribution in [2.75, 3.05) is 0 Å². The molecule has 0 heterocycles. The Balaban J connectivity index is 1.51. The third-order valence-corrected chi connectivity index (χ3v) is 9.05. The highest BCUT2D eigenvalue weighted by molar-refractivity contribution is 7.89. The Bertz CT molecular complexity index is 1470. The fraction of sp³-hybridized carbons (Fsp3) is 0.367. The molecule has 0 saturated carbocycles. The summed E-state index contributed by atoms with van der Waals surface area (Å²) >= 11 is 12.0. The molecule has 10 heteroatoms. The Labute approximate surface area is 245 Å². The van der Waals surface area contributed by atoms with E-state index >= 15 is 0 Å². The summed E-state index contributed by atoms with van der Waals surface area (Å²) in [5, 5.41) is 6.92. The average molecular weight is 607 g/mol.